The quantitative estimate of drug-likeness (QED) is 0.889. The van der Waals surface area contributed by atoms with E-state index in [0.29, 0.717) is 5.69 Å². The molecule has 0 aliphatic rings. The predicted octanol–water partition coefficient (Wildman–Crippen LogP) is 2.43. The van der Waals surface area contributed by atoms with Crippen LogP contribution in [0.5, 0.6) is 0 Å². The summed E-state index contributed by atoms with van der Waals surface area (Å²) in [5.41, 5.74) is 1.17. The number of halogens is 1. The van der Waals surface area contributed by atoms with Crippen molar-refractivity contribution < 1.29 is 14.3 Å². The maximum absolute atomic E-state index is 13.3. The van der Waals surface area contributed by atoms with Crippen LogP contribution >= 0.6 is 0 Å². The molecule has 0 bridgehead atoms. The van der Waals surface area contributed by atoms with E-state index in [9.17, 15) is 9.18 Å². The molecule has 0 saturated heterocycles. The number of carbonyl (C=O) groups is 1. The molecule has 19 heavy (non-hydrogen) atoms. The molecule has 1 aromatic carbocycles. The fraction of sp³-hybridized carbons (Fsp3) is 0.231. The van der Waals surface area contributed by atoms with Crippen LogP contribution in [0.3, 0.4) is 0 Å². The number of hydrogen-bond acceptors (Lipinski definition) is 3. The van der Waals surface area contributed by atoms with Crippen molar-refractivity contribution in [3.05, 3.63) is 47.5 Å². The smallest absolute Gasteiger partial charge is 0.338 e. The van der Waals surface area contributed by atoms with E-state index in [0.717, 1.165) is 11.6 Å². The van der Waals surface area contributed by atoms with E-state index in [2.05, 4.69) is 10.4 Å². The average Bonchev–Trinajstić information content (AvgIpc) is 2.78. The molecule has 100 valence electrons. The predicted molar refractivity (Wildman–Crippen MR) is 68.6 cm³/mol. The van der Waals surface area contributed by atoms with Crippen LogP contribution in [0.15, 0.2) is 30.6 Å². The summed E-state index contributed by atoms with van der Waals surface area (Å²) in [4.78, 5) is 10.9. The summed E-state index contributed by atoms with van der Waals surface area (Å²) >= 11 is 0. The van der Waals surface area contributed by atoms with Gasteiger partial charge < -0.3 is 10.4 Å². The maximum Gasteiger partial charge on any atom is 0.338 e. The number of aromatic carboxylic acids is 1. The van der Waals surface area contributed by atoms with Crippen molar-refractivity contribution in [3.63, 3.8) is 0 Å². The summed E-state index contributed by atoms with van der Waals surface area (Å²) in [6, 6.07) is 3.88. The number of benzene rings is 1. The molecule has 1 unspecified atom stereocenters. The minimum Gasteiger partial charge on any atom is -0.478 e. The van der Waals surface area contributed by atoms with Crippen LogP contribution in [0.2, 0.25) is 0 Å². The van der Waals surface area contributed by atoms with Crippen LogP contribution in [0.25, 0.3) is 0 Å². The summed E-state index contributed by atoms with van der Waals surface area (Å²) < 4.78 is 14.9. The molecule has 2 rings (SSSR count). The number of nitrogens with one attached hydrogen (secondary N) is 1. The van der Waals surface area contributed by atoms with Crippen molar-refractivity contribution in [2.24, 2.45) is 7.05 Å². The summed E-state index contributed by atoms with van der Waals surface area (Å²) in [5, 5.41) is 16.0. The van der Waals surface area contributed by atoms with Crippen LogP contribution in [-0.4, -0.2) is 20.9 Å². The third-order valence-electron chi connectivity index (χ3n) is 2.80. The van der Waals surface area contributed by atoms with E-state index in [1.54, 1.807) is 10.9 Å². The molecular weight excluding hydrogens is 249 g/mol. The monoisotopic (exact) mass is 263 g/mol. The lowest BCUT2D eigenvalue weighted by Crippen LogP contribution is -2.08. The molecule has 0 fully saturated rings. The molecule has 5 nitrogen and oxygen atoms in total. The number of anilines is 1. The second-order valence-electron chi connectivity index (χ2n) is 4.31. The lowest BCUT2D eigenvalue weighted by Gasteiger charge is -2.14. The van der Waals surface area contributed by atoms with E-state index in [1.807, 2.05) is 20.2 Å². The molecule has 0 aliphatic carbocycles. The number of aryl methyl sites for hydroxylation is 1. The van der Waals surface area contributed by atoms with Gasteiger partial charge in [-0.1, -0.05) is 0 Å². The van der Waals surface area contributed by atoms with Crippen LogP contribution < -0.4 is 5.32 Å². The zero-order valence-corrected chi connectivity index (χ0v) is 10.6. The minimum absolute atomic E-state index is 0.0548. The lowest BCUT2D eigenvalue weighted by atomic mass is 10.1. The van der Waals surface area contributed by atoms with E-state index < -0.39 is 11.8 Å². The maximum atomic E-state index is 13.3. The SMILES string of the molecule is CC(Nc1ccc(F)c(C(=O)O)c1)c1cnn(C)c1. The van der Waals surface area contributed by atoms with Gasteiger partial charge in [-0.15, -0.1) is 0 Å². The highest BCUT2D eigenvalue weighted by atomic mass is 19.1. The van der Waals surface area contributed by atoms with Gasteiger partial charge in [0.05, 0.1) is 17.8 Å². The molecule has 0 spiro atoms. The van der Waals surface area contributed by atoms with Crippen LogP contribution in [-0.2, 0) is 7.05 Å². The van der Waals surface area contributed by atoms with Gasteiger partial charge in [-0.05, 0) is 25.1 Å². The zero-order chi connectivity index (χ0) is 14.0. The van der Waals surface area contributed by atoms with E-state index >= 15 is 0 Å². The highest BCUT2D eigenvalue weighted by Gasteiger charge is 2.13. The zero-order valence-electron chi connectivity index (χ0n) is 10.6. The number of hydrogen-bond donors (Lipinski definition) is 2. The van der Waals surface area contributed by atoms with Crippen molar-refractivity contribution in [3.8, 4) is 0 Å². The molecule has 2 N–H and O–H groups in total. The van der Waals surface area contributed by atoms with E-state index in [4.69, 9.17) is 5.11 Å². The van der Waals surface area contributed by atoms with Gasteiger partial charge in [-0.25, -0.2) is 9.18 Å². The van der Waals surface area contributed by atoms with Crippen molar-refractivity contribution in [2.75, 3.05) is 5.32 Å². The molecule has 0 saturated carbocycles. The van der Waals surface area contributed by atoms with Crippen molar-refractivity contribution in [1.29, 1.82) is 0 Å². The highest BCUT2D eigenvalue weighted by Crippen LogP contribution is 2.21. The van der Waals surface area contributed by atoms with Crippen molar-refractivity contribution >= 4 is 11.7 Å². The summed E-state index contributed by atoms with van der Waals surface area (Å²) in [5.74, 6) is -2.03. The third kappa shape index (κ3) is 2.90. The first kappa shape index (κ1) is 13.1. The molecule has 6 heteroatoms. The molecule has 1 heterocycles. The molecule has 1 atom stereocenters. The molecule has 1 aromatic heterocycles. The van der Waals surface area contributed by atoms with Gasteiger partial charge in [0.25, 0.3) is 0 Å². The van der Waals surface area contributed by atoms with E-state index in [-0.39, 0.29) is 11.6 Å². The normalized spacial score (nSPS) is 12.2. The molecule has 0 radical (unpaired) electrons. The Morgan fingerprint density at radius 3 is 2.84 bits per heavy atom. The van der Waals surface area contributed by atoms with Gasteiger partial charge >= 0.3 is 5.97 Å². The van der Waals surface area contributed by atoms with Crippen LogP contribution in [0.4, 0.5) is 10.1 Å². The largest absolute Gasteiger partial charge is 0.478 e. The number of carboxylic acids is 1. The molecular formula is C13H14FN3O2. The second-order valence-corrected chi connectivity index (χ2v) is 4.31. The Hall–Kier alpha value is -2.37. The third-order valence-corrected chi connectivity index (χ3v) is 2.80. The van der Waals surface area contributed by atoms with Crippen molar-refractivity contribution in [2.45, 2.75) is 13.0 Å². The van der Waals surface area contributed by atoms with Gasteiger partial charge in [0.15, 0.2) is 0 Å². The minimum atomic E-state index is -1.28. The Kier molecular flexibility index (Phi) is 3.50. The highest BCUT2D eigenvalue weighted by molar-refractivity contribution is 5.89. The Bertz CT molecular complexity index is 610. The Morgan fingerprint density at radius 2 is 2.26 bits per heavy atom. The summed E-state index contributed by atoms with van der Waals surface area (Å²) in [7, 11) is 1.82. The molecule has 2 aromatic rings. The second kappa shape index (κ2) is 5.09. The number of rotatable bonds is 4. The fourth-order valence-electron chi connectivity index (χ4n) is 1.78. The Balaban J connectivity index is 2.19. The average molecular weight is 263 g/mol. The van der Waals surface area contributed by atoms with Gasteiger partial charge in [0.2, 0.25) is 0 Å². The van der Waals surface area contributed by atoms with E-state index in [1.165, 1.54) is 12.1 Å². The standard InChI is InChI=1S/C13H14FN3O2/c1-8(9-6-15-17(2)7-9)16-10-3-4-12(14)11(5-10)13(18)19/h3-8,16H,1-2H3,(H,18,19). The summed E-state index contributed by atoms with van der Waals surface area (Å²) in [6.07, 6.45) is 3.58. The van der Waals surface area contributed by atoms with Gasteiger partial charge in [-0.3, -0.25) is 4.68 Å². The first-order chi connectivity index (χ1) is 8.97. The molecule has 0 aliphatic heterocycles. The summed E-state index contributed by atoms with van der Waals surface area (Å²) in [6.45, 7) is 1.92. The lowest BCUT2D eigenvalue weighted by molar-refractivity contribution is 0.0692. The Labute approximate surface area is 109 Å². The number of aromatic nitrogens is 2. The fourth-order valence-corrected chi connectivity index (χ4v) is 1.78. The first-order valence-electron chi connectivity index (χ1n) is 5.75. The Morgan fingerprint density at radius 1 is 1.53 bits per heavy atom. The van der Waals surface area contributed by atoms with Gasteiger partial charge in [0, 0.05) is 24.5 Å². The van der Waals surface area contributed by atoms with Gasteiger partial charge in [0.1, 0.15) is 5.82 Å². The molecule has 0 amide bonds. The first-order valence-corrected chi connectivity index (χ1v) is 5.75. The van der Waals surface area contributed by atoms with Crippen molar-refractivity contribution in [1.82, 2.24) is 9.78 Å². The van der Waals surface area contributed by atoms with Gasteiger partial charge in [-0.2, -0.15) is 5.10 Å². The number of carboxylic acid groups (broad SMARTS) is 1. The topological polar surface area (TPSA) is 67.2 Å². The number of nitrogens with zero attached hydrogens (tertiary/aromatic N) is 2. The van der Waals surface area contributed by atoms with Crippen LogP contribution in [0.1, 0.15) is 28.9 Å². The van der Waals surface area contributed by atoms with Crippen LogP contribution in [0, 0.1) is 5.82 Å².